The molecule has 0 bridgehead atoms. The highest BCUT2D eigenvalue weighted by Gasteiger charge is 2.32. The Hall–Kier alpha value is -2.49. The number of carbonyl (C=O) groups is 2. The second kappa shape index (κ2) is 10.5. The number of para-hydroxylation sites is 1. The fraction of sp³-hybridized carbons (Fsp3) is 0.667. The highest BCUT2D eigenvalue weighted by molar-refractivity contribution is 6.00. The number of fused-ring (bicyclic) bond motifs is 1. The third-order valence-electron chi connectivity index (χ3n) is 8.72. The van der Waals surface area contributed by atoms with Gasteiger partial charge in [-0.25, -0.2) is 4.79 Å². The van der Waals surface area contributed by atoms with Crippen LogP contribution in [-0.2, 0) is 23.2 Å². The number of aryl methyl sites for hydroxylation is 1. The van der Waals surface area contributed by atoms with Crippen LogP contribution in [-0.4, -0.2) is 69.5 Å². The Morgan fingerprint density at radius 3 is 2.44 bits per heavy atom. The van der Waals surface area contributed by atoms with Crippen LogP contribution in [0.3, 0.4) is 0 Å². The molecule has 3 aliphatic rings. The quantitative estimate of drug-likeness (QED) is 0.590. The van der Waals surface area contributed by atoms with E-state index in [0.29, 0.717) is 18.5 Å². The van der Waals surface area contributed by atoms with Crippen LogP contribution in [0, 0.1) is 5.92 Å². The van der Waals surface area contributed by atoms with Gasteiger partial charge in [0.1, 0.15) is 6.04 Å². The number of rotatable bonds is 6. The number of likely N-dealkylation sites (tertiary alicyclic amines) is 1. The lowest BCUT2D eigenvalue weighted by molar-refractivity contribution is -0.135. The van der Waals surface area contributed by atoms with E-state index in [1.165, 1.54) is 19.4 Å². The first-order valence-corrected chi connectivity index (χ1v) is 13.5. The predicted octanol–water partition coefficient (Wildman–Crippen LogP) is 1.73. The van der Waals surface area contributed by atoms with Gasteiger partial charge in [-0.1, -0.05) is 12.1 Å². The summed E-state index contributed by atoms with van der Waals surface area (Å²) in [7, 11) is 4.05. The van der Waals surface area contributed by atoms with E-state index >= 15 is 0 Å². The van der Waals surface area contributed by atoms with Crippen molar-refractivity contribution >= 4 is 22.8 Å². The van der Waals surface area contributed by atoms with Crippen molar-refractivity contribution in [3.63, 3.8) is 0 Å². The molecule has 1 unspecified atom stereocenters. The second-order valence-electron chi connectivity index (χ2n) is 11.2. The first-order chi connectivity index (χ1) is 17.3. The molecular weight excluding hydrogens is 456 g/mol. The number of nitrogens with one attached hydrogen (secondary N) is 1. The van der Waals surface area contributed by atoms with E-state index in [1.807, 2.05) is 12.1 Å². The maximum atomic E-state index is 13.2. The fourth-order valence-corrected chi connectivity index (χ4v) is 6.56. The molecule has 2 saturated heterocycles. The zero-order valence-corrected chi connectivity index (χ0v) is 21.6. The van der Waals surface area contributed by atoms with E-state index in [4.69, 9.17) is 5.73 Å². The van der Waals surface area contributed by atoms with E-state index in [9.17, 15) is 14.4 Å². The molecule has 3 N–H and O–H groups in total. The number of imide groups is 1. The predicted molar refractivity (Wildman–Crippen MR) is 139 cm³/mol. The maximum Gasteiger partial charge on any atom is 0.329 e. The highest BCUT2D eigenvalue weighted by Crippen LogP contribution is 2.28. The van der Waals surface area contributed by atoms with Crippen molar-refractivity contribution in [3.8, 4) is 0 Å². The molecular formula is C27H40N6O3. The Kier molecular flexibility index (Phi) is 7.32. The minimum absolute atomic E-state index is 0.212. The molecule has 1 saturated carbocycles. The van der Waals surface area contributed by atoms with Gasteiger partial charge in [0.15, 0.2) is 0 Å². The van der Waals surface area contributed by atoms with Crippen LogP contribution in [0.25, 0.3) is 11.0 Å². The number of imidazole rings is 1. The Morgan fingerprint density at radius 1 is 1.03 bits per heavy atom. The van der Waals surface area contributed by atoms with Crippen molar-refractivity contribution in [1.29, 1.82) is 0 Å². The van der Waals surface area contributed by atoms with Crippen LogP contribution >= 0.6 is 0 Å². The number of amides is 2. The van der Waals surface area contributed by atoms with Crippen LogP contribution in [0.1, 0.15) is 63.0 Å². The van der Waals surface area contributed by atoms with E-state index in [1.54, 1.807) is 16.2 Å². The number of piperidine rings is 2. The standard InChI is InChI=1S/C27H40N6O3/c1-30(16-18-6-8-20(28)9-7-18)21-12-14-32(15-13-21)17-19-4-3-5-22-25(19)31(2)27(36)33(22)23-10-11-24(34)29-26(23)35/h3-5,18,20-21,23H,6-17,28H2,1-2H3,(H,29,34,35)/t18-,20-,23?. The van der Waals surface area contributed by atoms with E-state index in [2.05, 4.69) is 28.2 Å². The molecule has 9 nitrogen and oxygen atoms in total. The summed E-state index contributed by atoms with van der Waals surface area (Å²) in [5, 5.41) is 2.39. The van der Waals surface area contributed by atoms with Gasteiger partial charge in [-0.05, 0) is 82.6 Å². The summed E-state index contributed by atoms with van der Waals surface area (Å²) >= 11 is 0. The van der Waals surface area contributed by atoms with E-state index in [-0.39, 0.29) is 18.0 Å². The molecule has 0 radical (unpaired) electrons. The second-order valence-corrected chi connectivity index (χ2v) is 11.2. The smallest absolute Gasteiger partial charge is 0.328 e. The van der Waals surface area contributed by atoms with Crippen LogP contribution in [0.5, 0.6) is 0 Å². The van der Waals surface area contributed by atoms with Gasteiger partial charge in [0.25, 0.3) is 0 Å². The van der Waals surface area contributed by atoms with Gasteiger partial charge in [-0.15, -0.1) is 0 Å². The molecule has 1 aromatic heterocycles. The Bertz CT molecular complexity index is 1170. The normalized spacial score (nSPS) is 26.6. The minimum atomic E-state index is -0.652. The lowest BCUT2D eigenvalue weighted by atomic mass is 9.86. The average Bonchev–Trinajstić information content (AvgIpc) is 3.12. The molecule has 2 aliphatic heterocycles. The summed E-state index contributed by atoms with van der Waals surface area (Å²) in [6, 6.07) is 6.33. The zero-order chi connectivity index (χ0) is 25.4. The summed E-state index contributed by atoms with van der Waals surface area (Å²) in [5.41, 5.74) is 8.61. The largest absolute Gasteiger partial charge is 0.329 e. The Labute approximate surface area is 212 Å². The number of hydrogen-bond acceptors (Lipinski definition) is 6. The number of aromatic nitrogens is 2. The number of hydrogen-bond donors (Lipinski definition) is 2. The average molecular weight is 497 g/mol. The van der Waals surface area contributed by atoms with Crippen LogP contribution in [0.15, 0.2) is 23.0 Å². The summed E-state index contributed by atoms with van der Waals surface area (Å²) in [5.74, 6) is 0.107. The molecule has 3 heterocycles. The molecule has 0 spiro atoms. The van der Waals surface area contributed by atoms with Crippen molar-refractivity contribution in [2.45, 2.75) is 76.0 Å². The number of nitrogens with two attached hydrogens (primary N) is 1. The molecule has 196 valence electrons. The molecule has 1 aliphatic carbocycles. The topological polar surface area (TPSA) is 106 Å². The molecule has 2 aromatic rings. The fourth-order valence-electron chi connectivity index (χ4n) is 6.56. The molecule has 2 amide bonds. The SMILES string of the molecule is CN(C[C@H]1CC[C@H](N)CC1)C1CCN(Cc2cccc3c2n(C)c(=O)n3C2CCC(=O)NC2=O)CC1. The molecule has 3 fully saturated rings. The molecule has 1 aromatic carbocycles. The van der Waals surface area contributed by atoms with Crippen molar-refractivity contribution in [3.05, 3.63) is 34.2 Å². The van der Waals surface area contributed by atoms with Gasteiger partial charge in [-0.3, -0.25) is 28.9 Å². The third kappa shape index (κ3) is 5.01. The molecule has 1 atom stereocenters. The van der Waals surface area contributed by atoms with Crippen molar-refractivity contribution < 1.29 is 9.59 Å². The highest BCUT2D eigenvalue weighted by atomic mass is 16.2. The van der Waals surface area contributed by atoms with Gasteiger partial charge >= 0.3 is 5.69 Å². The van der Waals surface area contributed by atoms with Crippen LogP contribution in [0.2, 0.25) is 0 Å². The monoisotopic (exact) mass is 496 g/mol. The summed E-state index contributed by atoms with van der Waals surface area (Å²) < 4.78 is 3.23. The van der Waals surface area contributed by atoms with Crippen molar-refractivity contribution in [1.82, 2.24) is 24.3 Å². The Balaban J connectivity index is 1.25. The summed E-state index contributed by atoms with van der Waals surface area (Å²) in [4.78, 5) is 42.4. The van der Waals surface area contributed by atoms with E-state index < -0.39 is 11.9 Å². The van der Waals surface area contributed by atoms with Crippen molar-refractivity contribution in [2.75, 3.05) is 26.7 Å². The van der Waals surface area contributed by atoms with Gasteiger partial charge in [0, 0.05) is 38.6 Å². The third-order valence-corrected chi connectivity index (χ3v) is 8.72. The molecule has 5 rings (SSSR count). The number of carbonyl (C=O) groups excluding carboxylic acids is 2. The molecule has 9 heteroatoms. The minimum Gasteiger partial charge on any atom is -0.328 e. The molecule has 36 heavy (non-hydrogen) atoms. The first kappa shape index (κ1) is 25.2. The van der Waals surface area contributed by atoms with Gasteiger partial charge in [0.2, 0.25) is 11.8 Å². The lowest BCUT2D eigenvalue weighted by Gasteiger charge is -2.39. The Morgan fingerprint density at radius 2 is 1.75 bits per heavy atom. The number of benzene rings is 1. The van der Waals surface area contributed by atoms with Crippen LogP contribution in [0.4, 0.5) is 0 Å². The van der Waals surface area contributed by atoms with Crippen molar-refractivity contribution in [2.24, 2.45) is 18.7 Å². The summed E-state index contributed by atoms with van der Waals surface area (Å²) in [6.07, 6.45) is 7.73. The lowest BCUT2D eigenvalue weighted by Crippen LogP contribution is -2.45. The van der Waals surface area contributed by atoms with Crippen LogP contribution < -0.4 is 16.7 Å². The van der Waals surface area contributed by atoms with Gasteiger partial charge in [-0.2, -0.15) is 0 Å². The maximum absolute atomic E-state index is 13.2. The van der Waals surface area contributed by atoms with Gasteiger partial charge in [0.05, 0.1) is 11.0 Å². The van der Waals surface area contributed by atoms with Gasteiger partial charge < -0.3 is 10.6 Å². The number of nitrogens with zero attached hydrogens (tertiary/aromatic N) is 4. The summed E-state index contributed by atoms with van der Waals surface area (Å²) in [6.45, 7) is 4.01. The zero-order valence-electron chi connectivity index (χ0n) is 21.6. The first-order valence-electron chi connectivity index (χ1n) is 13.5. The van der Waals surface area contributed by atoms with E-state index in [0.717, 1.165) is 67.8 Å².